The quantitative estimate of drug-likeness (QED) is 0.607. The van der Waals surface area contributed by atoms with Crippen molar-refractivity contribution in [1.82, 2.24) is 15.1 Å². The van der Waals surface area contributed by atoms with E-state index in [0.29, 0.717) is 11.5 Å². The topological polar surface area (TPSA) is 109 Å². The van der Waals surface area contributed by atoms with Gasteiger partial charge in [0.05, 0.1) is 25.2 Å². The summed E-state index contributed by atoms with van der Waals surface area (Å²) in [5.74, 6) is 0.944. The molecule has 9 nitrogen and oxygen atoms in total. The number of hydrogen-bond acceptors (Lipinski definition) is 6. The zero-order chi connectivity index (χ0) is 18.6. The normalized spacial score (nSPS) is 13.0. The third-order valence-electron chi connectivity index (χ3n) is 3.84. The average molecular weight is 348 g/mol. The van der Waals surface area contributed by atoms with E-state index in [-0.39, 0.29) is 17.6 Å². The molecule has 1 heterocycles. The fourth-order valence-electron chi connectivity index (χ4n) is 2.34. The molecule has 0 aliphatic carbocycles. The highest BCUT2D eigenvalue weighted by atomic mass is 16.6. The highest BCUT2D eigenvalue weighted by Crippen LogP contribution is 2.29. The van der Waals surface area contributed by atoms with Gasteiger partial charge in [0.15, 0.2) is 0 Å². The van der Waals surface area contributed by atoms with Gasteiger partial charge in [-0.3, -0.25) is 19.6 Å². The Morgan fingerprint density at radius 2 is 2.04 bits per heavy atom. The van der Waals surface area contributed by atoms with Crippen molar-refractivity contribution in [2.24, 2.45) is 0 Å². The van der Waals surface area contributed by atoms with Crippen molar-refractivity contribution in [1.29, 1.82) is 0 Å². The van der Waals surface area contributed by atoms with Crippen LogP contribution in [0.4, 0.5) is 5.69 Å². The van der Waals surface area contributed by atoms with Gasteiger partial charge >= 0.3 is 5.69 Å². The second-order valence-corrected chi connectivity index (χ2v) is 5.45. The van der Waals surface area contributed by atoms with Crippen molar-refractivity contribution < 1.29 is 19.2 Å². The first-order chi connectivity index (χ1) is 11.9. The van der Waals surface area contributed by atoms with Gasteiger partial charge in [-0.2, -0.15) is 5.10 Å². The van der Waals surface area contributed by atoms with Gasteiger partial charge in [0.2, 0.25) is 5.91 Å². The van der Waals surface area contributed by atoms with Crippen molar-refractivity contribution in [3.63, 3.8) is 0 Å². The van der Waals surface area contributed by atoms with E-state index in [4.69, 9.17) is 9.47 Å². The first-order valence-electron chi connectivity index (χ1n) is 7.58. The Kier molecular flexibility index (Phi) is 5.58. The Labute approximate surface area is 144 Å². The number of aromatic nitrogens is 2. The summed E-state index contributed by atoms with van der Waals surface area (Å²) < 4.78 is 11.8. The molecule has 2 atom stereocenters. The summed E-state index contributed by atoms with van der Waals surface area (Å²) in [4.78, 5) is 22.6. The lowest BCUT2D eigenvalue weighted by atomic mass is 10.1. The average Bonchev–Trinajstić information content (AvgIpc) is 3.10. The molecule has 0 aliphatic rings. The summed E-state index contributed by atoms with van der Waals surface area (Å²) >= 11 is 0. The number of carbonyl (C=O) groups is 1. The van der Waals surface area contributed by atoms with E-state index in [1.54, 1.807) is 39.3 Å². The number of ether oxygens (including phenoxy) is 2. The van der Waals surface area contributed by atoms with Crippen LogP contribution in [0.25, 0.3) is 0 Å². The molecule has 0 aliphatic heterocycles. The predicted octanol–water partition coefficient (Wildman–Crippen LogP) is 2.25. The van der Waals surface area contributed by atoms with Crippen LogP contribution in [0.2, 0.25) is 0 Å². The summed E-state index contributed by atoms with van der Waals surface area (Å²) in [6.45, 7) is 3.43. The largest absolute Gasteiger partial charge is 0.497 e. The Morgan fingerprint density at radius 1 is 1.32 bits per heavy atom. The number of carbonyl (C=O) groups excluding carboxylic acids is 1. The molecular weight excluding hydrogens is 328 g/mol. The Morgan fingerprint density at radius 3 is 2.60 bits per heavy atom. The fourth-order valence-corrected chi connectivity index (χ4v) is 2.34. The van der Waals surface area contributed by atoms with Crippen LogP contribution in [0, 0.1) is 10.1 Å². The van der Waals surface area contributed by atoms with Crippen LogP contribution in [0.5, 0.6) is 11.5 Å². The van der Waals surface area contributed by atoms with Gasteiger partial charge in [0.1, 0.15) is 29.9 Å². The number of nitro groups is 1. The molecule has 1 aromatic heterocycles. The fraction of sp³-hybridized carbons (Fsp3) is 0.375. The molecule has 1 N–H and O–H groups in total. The van der Waals surface area contributed by atoms with Gasteiger partial charge in [-0.15, -0.1) is 0 Å². The zero-order valence-corrected chi connectivity index (χ0v) is 14.4. The number of amides is 1. The molecule has 134 valence electrons. The molecule has 0 radical (unpaired) electrons. The van der Waals surface area contributed by atoms with E-state index >= 15 is 0 Å². The highest BCUT2D eigenvalue weighted by molar-refractivity contribution is 5.80. The number of rotatable bonds is 7. The molecule has 2 rings (SSSR count). The monoisotopic (exact) mass is 348 g/mol. The lowest BCUT2D eigenvalue weighted by molar-refractivity contribution is -0.385. The number of nitrogens with one attached hydrogen (secondary N) is 1. The van der Waals surface area contributed by atoms with Gasteiger partial charge in [-0.25, -0.2) is 0 Å². The van der Waals surface area contributed by atoms with Gasteiger partial charge in [0, 0.05) is 5.56 Å². The Hall–Kier alpha value is -3.10. The van der Waals surface area contributed by atoms with Crippen LogP contribution in [0.3, 0.4) is 0 Å². The number of methoxy groups -OCH3 is 2. The highest BCUT2D eigenvalue weighted by Gasteiger charge is 2.22. The first kappa shape index (κ1) is 18.2. The third-order valence-corrected chi connectivity index (χ3v) is 3.84. The maximum absolute atomic E-state index is 12.4. The molecule has 0 saturated heterocycles. The molecule has 0 saturated carbocycles. The SMILES string of the molecule is COc1ccc(OC)c([C@H](C)NC(=O)[C@H](C)n2cc([N+](=O)[O-])cn2)c1. The van der Waals surface area contributed by atoms with Crippen LogP contribution in [-0.2, 0) is 4.79 Å². The van der Waals surface area contributed by atoms with Crippen LogP contribution in [-0.4, -0.2) is 34.8 Å². The first-order valence-corrected chi connectivity index (χ1v) is 7.58. The molecule has 0 bridgehead atoms. The Balaban J connectivity index is 2.14. The summed E-state index contributed by atoms with van der Waals surface area (Å²) in [5.41, 5.74) is 0.594. The minimum Gasteiger partial charge on any atom is -0.497 e. The van der Waals surface area contributed by atoms with Gasteiger partial charge in [-0.1, -0.05) is 0 Å². The van der Waals surface area contributed by atoms with Gasteiger partial charge in [0.25, 0.3) is 0 Å². The lowest BCUT2D eigenvalue weighted by Gasteiger charge is -2.20. The van der Waals surface area contributed by atoms with Crippen LogP contribution >= 0.6 is 0 Å². The maximum Gasteiger partial charge on any atom is 0.307 e. The lowest BCUT2D eigenvalue weighted by Crippen LogP contribution is -2.33. The van der Waals surface area contributed by atoms with Crippen molar-refractivity contribution in [2.75, 3.05) is 14.2 Å². The minimum absolute atomic E-state index is 0.165. The van der Waals surface area contributed by atoms with Crippen LogP contribution in [0.1, 0.15) is 31.5 Å². The summed E-state index contributed by atoms with van der Waals surface area (Å²) in [5, 5.41) is 17.4. The molecule has 0 spiro atoms. The molecule has 25 heavy (non-hydrogen) atoms. The maximum atomic E-state index is 12.4. The van der Waals surface area contributed by atoms with Crippen molar-refractivity contribution in [3.05, 3.63) is 46.3 Å². The van der Waals surface area contributed by atoms with Gasteiger partial charge < -0.3 is 14.8 Å². The minimum atomic E-state index is -0.701. The second-order valence-electron chi connectivity index (χ2n) is 5.45. The Bertz CT molecular complexity index is 774. The molecule has 1 aromatic carbocycles. The number of hydrogen-bond donors (Lipinski definition) is 1. The van der Waals surface area contributed by atoms with E-state index in [1.807, 2.05) is 6.92 Å². The third kappa shape index (κ3) is 4.06. The molecule has 1 amide bonds. The van der Waals surface area contributed by atoms with E-state index in [2.05, 4.69) is 10.4 Å². The van der Waals surface area contributed by atoms with E-state index < -0.39 is 11.0 Å². The summed E-state index contributed by atoms with van der Waals surface area (Å²) in [6, 6.07) is 4.26. The smallest absolute Gasteiger partial charge is 0.307 e. The molecule has 2 aromatic rings. The molecule has 0 unspecified atom stereocenters. The van der Waals surface area contributed by atoms with Crippen molar-refractivity contribution in [2.45, 2.75) is 25.9 Å². The number of benzene rings is 1. The van der Waals surface area contributed by atoms with Crippen LogP contribution in [0.15, 0.2) is 30.6 Å². The molecule has 0 fully saturated rings. The summed E-state index contributed by atoms with van der Waals surface area (Å²) in [7, 11) is 3.10. The van der Waals surface area contributed by atoms with E-state index in [1.165, 1.54) is 10.9 Å². The van der Waals surface area contributed by atoms with Crippen LogP contribution < -0.4 is 14.8 Å². The van der Waals surface area contributed by atoms with Gasteiger partial charge in [-0.05, 0) is 32.0 Å². The van der Waals surface area contributed by atoms with Crippen molar-refractivity contribution in [3.8, 4) is 11.5 Å². The standard InChI is InChI=1S/C16H20N4O5/c1-10(14-7-13(24-3)5-6-15(14)25-4)18-16(21)11(2)19-9-12(8-17-19)20(22)23/h5-11H,1-4H3,(H,18,21)/t10-,11-/m0/s1. The molecule has 9 heteroatoms. The number of nitrogens with zero attached hydrogens (tertiary/aromatic N) is 3. The molecular formula is C16H20N4O5. The predicted molar refractivity (Wildman–Crippen MR) is 89.7 cm³/mol. The van der Waals surface area contributed by atoms with E-state index in [9.17, 15) is 14.9 Å². The zero-order valence-electron chi connectivity index (χ0n) is 14.4. The summed E-state index contributed by atoms with van der Waals surface area (Å²) in [6.07, 6.45) is 2.33. The van der Waals surface area contributed by atoms with Crippen molar-refractivity contribution >= 4 is 11.6 Å². The van der Waals surface area contributed by atoms with E-state index in [0.717, 1.165) is 11.8 Å². The second kappa shape index (κ2) is 7.65.